The number of benzene rings is 1. The Kier molecular flexibility index (Phi) is 6.65. The average molecular weight is 336 g/mol. The number of amides is 1. The maximum absolute atomic E-state index is 11.8. The number of carbonyl (C=O) groups excluding carboxylic acids is 1. The van der Waals surface area contributed by atoms with Gasteiger partial charge in [0, 0.05) is 9.92 Å². The van der Waals surface area contributed by atoms with E-state index < -0.39 is 12.0 Å². The monoisotopic (exact) mass is 335 g/mol. The predicted octanol–water partition coefficient (Wildman–Crippen LogP) is 3.31. The molecule has 0 heterocycles. The minimum absolute atomic E-state index is 0.0799. The normalized spacial score (nSPS) is 12.2. The number of carbonyl (C=O) groups is 2. The van der Waals surface area contributed by atoms with Crippen LogP contribution in [0, 0.1) is 5.92 Å². The molecule has 4 nitrogen and oxygen atoms in total. The summed E-state index contributed by atoms with van der Waals surface area (Å²) in [5, 5.41) is 12.5. The highest BCUT2D eigenvalue weighted by Crippen LogP contribution is 2.29. The van der Waals surface area contributed by atoms with Crippen LogP contribution in [0.3, 0.4) is 0 Å². The fourth-order valence-electron chi connectivity index (χ4n) is 1.46. The van der Waals surface area contributed by atoms with Crippen molar-refractivity contribution in [2.45, 2.75) is 24.8 Å². The maximum atomic E-state index is 11.8. The quantitative estimate of drug-likeness (QED) is 0.782. The van der Waals surface area contributed by atoms with Crippen molar-refractivity contribution < 1.29 is 14.7 Å². The Hall–Kier alpha value is -0.910. The molecule has 0 spiro atoms. The Morgan fingerprint density at radius 1 is 1.35 bits per heavy atom. The first-order chi connectivity index (χ1) is 9.31. The molecule has 110 valence electrons. The first-order valence-corrected chi connectivity index (χ1v) is 7.65. The number of aliphatic carboxylic acids is 1. The van der Waals surface area contributed by atoms with Crippen molar-refractivity contribution in [2.24, 2.45) is 5.92 Å². The lowest BCUT2D eigenvalue weighted by Gasteiger charge is -2.17. The van der Waals surface area contributed by atoms with Crippen LogP contribution in [0.25, 0.3) is 0 Å². The molecular formula is C13H15Cl2NO3S. The molecule has 2 N–H and O–H groups in total. The molecule has 0 aliphatic carbocycles. The predicted molar refractivity (Wildman–Crippen MR) is 81.6 cm³/mol. The Morgan fingerprint density at radius 3 is 2.55 bits per heavy atom. The molecule has 1 aromatic rings. The van der Waals surface area contributed by atoms with Crippen LogP contribution in [0.1, 0.15) is 13.8 Å². The van der Waals surface area contributed by atoms with Gasteiger partial charge in [0.2, 0.25) is 5.91 Å². The topological polar surface area (TPSA) is 66.4 Å². The van der Waals surface area contributed by atoms with Crippen molar-refractivity contribution in [1.29, 1.82) is 0 Å². The summed E-state index contributed by atoms with van der Waals surface area (Å²) in [6.07, 6.45) is 0. The lowest BCUT2D eigenvalue weighted by molar-refractivity contribution is -0.142. The molecule has 1 rings (SSSR count). The zero-order valence-corrected chi connectivity index (χ0v) is 13.4. The molecule has 20 heavy (non-hydrogen) atoms. The summed E-state index contributed by atoms with van der Waals surface area (Å²) in [5.74, 6) is -1.50. The van der Waals surface area contributed by atoms with Crippen LogP contribution in [0.15, 0.2) is 23.1 Å². The van der Waals surface area contributed by atoms with Crippen molar-refractivity contribution >= 4 is 46.8 Å². The number of carboxylic acids is 1. The van der Waals surface area contributed by atoms with E-state index in [1.165, 1.54) is 11.8 Å². The molecule has 1 unspecified atom stereocenters. The third-order valence-electron chi connectivity index (χ3n) is 2.50. The Labute approximate surface area is 131 Å². The fourth-order valence-corrected chi connectivity index (χ4v) is 2.76. The van der Waals surface area contributed by atoms with Gasteiger partial charge < -0.3 is 10.4 Å². The van der Waals surface area contributed by atoms with Crippen molar-refractivity contribution in [2.75, 3.05) is 5.75 Å². The highest BCUT2D eigenvalue weighted by Gasteiger charge is 2.23. The van der Waals surface area contributed by atoms with Crippen LogP contribution in [0.2, 0.25) is 10.0 Å². The SMILES string of the molecule is CC(C)C(NC(=O)CSc1cc(Cl)ccc1Cl)C(=O)O. The third-order valence-corrected chi connectivity index (χ3v) is 4.23. The summed E-state index contributed by atoms with van der Waals surface area (Å²) in [5.41, 5.74) is 0. The first-order valence-electron chi connectivity index (χ1n) is 5.91. The summed E-state index contributed by atoms with van der Waals surface area (Å²) in [7, 11) is 0. The fraction of sp³-hybridized carbons (Fsp3) is 0.385. The van der Waals surface area contributed by atoms with Gasteiger partial charge in [0.15, 0.2) is 0 Å². The van der Waals surface area contributed by atoms with Gasteiger partial charge in [-0.15, -0.1) is 11.8 Å². The van der Waals surface area contributed by atoms with Crippen molar-refractivity contribution in [3.63, 3.8) is 0 Å². The van der Waals surface area contributed by atoms with Gasteiger partial charge in [-0.3, -0.25) is 4.79 Å². The molecule has 1 aromatic carbocycles. The van der Waals surface area contributed by atoms with E-state index in [0.29, 0.717) is 14.9 Å². The molecular weight excluding hydrogens is 321 g/mol. The molecule has 0 radical (unpaired) electrons. The van der Waals surface area contributed by atoms with Gasteiger partial charge in [-0.2, -0.15) is 0 Å². The summed E-state index contributed by atoms with van der Waals surface area (Å²) >= 11 is 13.0. The van der Waals surface area contributed by atoms with Crippen LogP contribution in [0.4, 0.5) is 0 Å². The van der Waals surface area contributed by atoms with Crippen LogP contribution in [-0.2, 0) is 9.59 Å². The minimum atomic E-state index is -1.04. The zero-order chi connectivity index (χ0) is 15.3. The lowest BCUT2D eigenvalue weighted by Crippen LogP contribution is -2.45. The van der Waals surface area contributed by atoms with E-state index in [4.69, 9.17) is 28.3 Å². The standard InChI is InChI=1S/C13H15Cl2NO3S/c1-7(2)12(13(18)19)16-11(17)6-20-10-5-8(14)3-4-9(10)15/h3-5,7,12H,6H2,1-2H3,(H,16,17)(H,18,19). The van der Waals surface area contributed by atoms with Crippen LogP contribution in [-0.4, -0.2) is 28.8 Å². The van der Waals surface area contributed by atoms with E-state index in [-0.39, 0.29) is 17.6 Å². The Bertz CT molecular complexity index is 508. The zero-order valence-electron chi connectivity index (χ0n) is 11.0. The molecule has 0 saturated heterocycles. The second-order valence-electron chi connectivity index (χ2n) is 4.49. The van der Waals surface area contributed by atoms with E-state index in [2.05, 4.69) is 5.32 Å². The van der Waals surface area contributed by atoms with E-state index in [9.17, 15) is 9.59 Å². The summed E-state index contributed by atoms with van der Waals surface area (Å²) in [4.78, 5) is 23.4. The number of carboxylic acid groups (broad SMARTS) is 1. The number of thioether (sulfide) groups is 1. The number of hydrogen-bond acceptors (Lipinski definition) is 3. The Morgan fingerprint density at radius 2 is 2.00 bits per heavy atom. The van der Waals surface area contributed by atoms with E-state index >= 15 is 0 Å². The summed E-state index contributed by atoms with van der Waals surface area (Å²) in [6.45, 7) is 3.47. The number of rotatable bonds is 6. The molecule has 0 bridgehead atoms. The number of nitrogens with one attached hydrogen (secondary N) is 1. The molecule has 7 heteroatoms. The molecule has 0 aliphatic heterocycles. The number of halogens is 2. The molecule has 0 fully saturated rings. The van der Waals surface area contributed by atoms with Crippen molar-refractivity contribution in [3.8, 4) is 0 Å². The third kappa shape index (κ3) is 5.23. The van der Waals surface area contributed by atoms with E-state index in [0.717, 1.165) is 0 Å². The van der Waals surface area contributed by atoms with Gasteiger partial charge in [0.1, 0.15) is 6.04 Å². The second kappa shape index (κ2) is 7.76. The summed E-state index contributed by atoms with van der Waals surface area (Å²) < 4.78 is 0. The minimum Gasteiger partial charge on any atom is -0.480 e. The van der Waals surface area contributed by atoms with Gasteiger partial charge in [-0.1, -0.05) is 37.0 Å². The highest BCUT2D eigenvalue weighted by molar-refractivity contribution is 8.00. The second-order valence-corrected chi connectivity index (χ2v) is 6.35. The van der Waals surface area contributed by atoms with Gasteiger partial charge in [0.25, 0.3) is 0 Å². The first kappa shape index (κ1) is 17.1. The van der Waals surface area contributed by atoms with Gasteiger partial charge >= 0.3 is 5.97 Å². The van der Waals surface area contributed by atoms with E-state index in [1.807, 2.05) is 0 Å². The molecule has 0 aromatic heterocycles. The van der Waals surface area contributed by atoms with Gasteiger partial charge in [-0.25, -0.2) is 4.79 Å². The van der Waals surface area contributed by atoms with Crippen LogP contribution < -0.4 is 5.32 Å². The lowest BCUT2D eigenvalue weighted by atomic mass is 10.1. The largest absolute Gasteiger partial charge is 0.480 e. The van der Waals surface area contributed by atoms with Crippen molar-refractivity contribution in [1.82, 2.24) is 5.32 Å². The smallest absolute Gasteiger partial charge is 0.326 e. The van der Waals surface area contributed by atoms with Gasteiger partial charge in [-0.05, 0) is 24.1 Å². The van der Waals surface area contributed by atoms with Crippen LogP contribution in [0.5, 0.6) is 0 Å². The van der Waals surface area contributed by atoms with E-state index in [1.54, 1.807) is 32.0 Å². The van der Waals surface area contributed by atoms with Gasteiger partial charge in [0.05, 0.1) is 10.8 Å². The number of hydrogen-bond donors (Lipinski definition) is 2. The average Bonchev–Trinajstić information content (AvgIpc) is 2.36. The Balaban J connectivity index is 2.59. The molecule has 0 saturated carbocycles. The maximum Gasteiger partial charge on any atom is 0.326 e. The van der Waals surface area contributed by atoms with Crippen LogP contribution >= 0.6 is 35.0 Å². The highest BCUT2D eigenvalue weighted by atomic mass is 35.5. The molecule has 1 atom stereocenters. The van der Waals surface area contributed by atoms with Crippen molar-refractivity contribution in [3.05, 3.63) is 28.2 Å². The summed E-state index contributed by atoms with van der Waals surface area (Å²) in [6, 6.07) is 4.09. The molecule has 1 amide bonds. The molecule has 0 aliphatic rings.